The van der Waals surface area contributed by atoms with Crippen molar-refractivity contribution in [2.24, 2.45) is 5.92 Å². The maximum Gasteiger partial charge on any atom is 0.0968 e. The van der Waals surface area contributed by atoms with Gasteiger partial charge in [0.1, 0.15) is 0 Å². The number of hydrogen-bond donors (Lipinski definition) is 1. The standard InChI is InChI=1S/C18H30N2S/c1-5-7-15-8-9-16(19-6-2)17(12-15)21-18-11-13(3)10-14(4)20-18/h10-11,15-17,19H,5-9,12H2,1-4H3. The van der Waals surface area contributed by atoms with Crippen LogP contribution in [0.2, 0.25) is 0 Å². The first kappa shape index (κ1) is 16.8. The van der Waals surface area contributed by atoms with Gasteiger partial charge in [0.25, 0.3) is 0 Å². The maximum atomic E-state index is 4.73. The number of aromatic nitrogens is 1. The zero-order chi connectivity index (χ0) is 15.2. The normalized spacial score (nSPS) is 26.0. The quantitative estimate of drug-likeness (QED) is 0.822. The van der Waals surface area contributed by atoms with Crippen LogP contribution in [-0.2, 0) is 0 Å². The van der Waals surface area contributed by atoms with E-state index in [4.69, 9.17) is 4.98 Å². The predicted octanol–water partition coefficient (Wildman–Crippen LogP) is 4.74. The molecule has 0 aromatic carbocycles. The fourth-order valence-electron chi connectivity index (χ4n) is 3.53. The molecule has 1 saturated carbocycles. The molecule has 3 atom stereocenters. The highest BCUT2D eigenvalue weighted by molar-refractivity contribution is 7.99. The molecule has 0 bridgehead atoms. The second kappa shape index (κ2) is 8.19. The van der Waals surface area contributed by atoms with E-state index in [1.54, 1.807) is 0 Å². The molecule has 2 rings (SSSR count). The minimum Gasteiger partial charge on any atom is -0.313 e. The number of hydrogen-bond acceptors (Lipinski definition) is 3. The molecule has 0 aliphatic heterocycles. The zero-order valence-corrected chi connectivity index (χ0v) is 14.8. The van der Waals surface area contributed by atoms with E-state index in [-0.39, 0.29) is 0 Å². The van der Waals surface area contributed by atoms with E-state index in [1.807, 2.05) is 11.8 Å². The molecule has 118 valence electrons. The Morgan fingerprint density at radius 1 is 1.24 bits per heavy atom. The van der Waals surface area contributed by atoms with Crippen LogP contribution in [0.4, 0.5) is 0 Å². The number of rotatable bonds is 6. The molecule has 0 radical (unpaired) electrons. The lowest BCUT2D eigenvalue weighted by molar-refractivity contribution is 0.289. The molecule has 2 nitrogen and oxygen atoms in total. The molecule has 21 heavy (non-hydrogen) atoms. The molecule has 3 heteroatoms. The lowest BCUT2D eigenvalue weighted by Gasteiger charge is -2.36. The van der Waals surface area contributed by atoms with Crippen molar-refractivity contribution >= 4 is 11.8 Å². The van der Waals surface area contributed by atoms with Gasteiger partial charge in [-0.25, -0.2) is 4.98 Å². The summed E-state index contributed by atoms with van der Waals surface area (Å²) in [5.41, 5.74) is 2.46. The Bertz CT molecular complexity index is 427. The lowest BCUT2D eigenvalue weighted by atomic mass is 9.83. The summed E-state index contributed by atoms with van der Waals surface area (Å²) in [5, 5.41) is 5.57. The highest BCUT2D eigenvalue weighted by Gasteiger charge is 2.30. The highest BCUT2D eigenvalue weighted by Crippen LogP contribution is 2.37. The number of aryl methyl sites for hydroxylation is 2. The van der Waals surface area contributed by atoms with Gasteiger partial charge < -0.3 is 5.32 Å². The zero-order valence-electron chi connectivity index (χ0n) is 14.0. The van der Waals surface area contributed by atoms with Gasteiger partial charge in [0, 0.05) is 17.0 Å². The number of pyridine rings is 1. The first-order valence-corrected chi connectivity index (χ1v) is 9.35. The summed E-state index contributed by atoms with van der Waals surface area (Å²) >= 11 is 2.00. The smallest absolute Gasteiger partial charge is 0.0968 e. The molecule has 1 aliphatic rings. The van der Waals surface area contributed by atoms with Crippen molar-refractivity contribution in [3.05, 3.63) is 23.4 Å². The first-order valence-electron chi connectivity index (χ1n) is 8.47. The van der Waals surface area contributed by atoms with Gasteiger partial charge in [-0.1, -0.05) is 26.7 Å². The predicted molar refractivity (Wildman–Crippen MR) is 93.1 cm³/mol. The summed E-state index contributed by atoms with van der Waals surface area (Å²) in [6, 6.07) is 5.05. The van der Waals surface area contributed by atoms with Crippen LogP contribution in [0, 0.1) is 19.8 Å². The Morgan fingerprint density at radius 3 is 2.71 bits per heavy atom. The van der Waals surface area contributed by atoms with E-state index in [0.717, 1.165) is 18.2 Å². The minimum atomic E-state index is 0.649. The highest BCUT2D eigenvalue weighted by atomic mass is 32.2. The Kier molecular flexibility index (Phi) is 6.56. The number of thioether (sulfide) groups is 1. The van der Waals surface area contributed by atoms with Gasteiger partial charge in [-0.3, -0.25) is 0 Å². The van der Waals surface area contributed by atoms with Crippen molar-refractivity contribution in [1.29, 1.82) is 0 Å². The van der Waals surface area contributed by atoms with E-state index in [1.165, 1.54) is 42.7 Å². The summed E-state index contributed by atoms with van der Waals surface area (Å²) in [7, 11) is 0. The average molecular weight is 307 g/mol. The van der Waals surface area contributed by atoms with Crippen LogP contribution in [0.5, 0.6) is 0 Å². The van der Waals surface area contributed by atoms with Crippen LogP contribution < -0.4 is 5.32 Å². The monoisotopic (exact) mass is 306 g/mol. The van der Waals surface area contributed by atoms with Gasteiger partial charge in [-0.2, -0.15) is 0 Å². The third-order valence-electron chi connectivity index (χ3n) is 4.41. The molecule has 1 aromatic rings. The van der Waals surface area contributed by atoms with Crippen molar-refractivity contribution in [2.45, 2.75) is 76.1 Å². The van der Waals surface area contributed by atoms with Crippen LogP contribution in [0.1, 0.15) is 57.2 Å². The Hall–Kier alpha value is -0.540. The molecule has 3 unspecified atom stereocenters. The minimum absolute atomic E-state index is 0.649. The van der Waals surface area contributed by atoms with Crippen molar-refractivity contribution < 1.29 is 0 Å². The molecule has 0 spiro atoms. The fraction of sp³-hybridized carbons (Fsp3) is 0.722. The van der Waals surface area contributed by atoms with E-state index in [0.29, 0.717) is 11.3 Å². The summed E-state index contributed by atoms with van der Waals surface area (Å²) in [6.45, 7) is 9.86. The fourth-order valence-corrected chi connectivity index (χ4v) is 5.05. The number of nitrogens with one attached hydrogen (secondary N) is 1. The second-order valence-corrected chi connectivity index (χ2v) is 7.67. The molecule has 0 amide bonds. The molecule has 1 N–H and O–H groups in total. The number of nitrogens with zero attached hydrogens (tertiary/aromatic N) is 1. The van der Waals surface area contributed by atoms with Gasteiger partial charge in [0.15, 0.2) is 0 Å². The van der Waals surface area contributed by atoms with Gasteiger partial charge in [-0.15, -0.1) is 11.8 Å². The van der Waals surface area contributed by atoms with E-state index in [2.05, 4.69) is 45.1 Å². The van der Waals surface area contributed by atoms with Gasteiger partial charge >= 0.3 is 0 Å². The first-order chi connectivity index (χ1) is 10.1. The third kappa shape index (κ3) is 5.00. The molecule has 1 fully saturated rings. The van der Waals surface area contributed by atoms with E-state index < -0.39 is 0 Å². The summed E-state index contributed by atoms with van der Waals surface area (Å²) < 4.78 is 0. The maximum absolute atomic E-state index is 4.73. The Labute approximate surface area is 134 Å². The topological polar surface area (TPSA) is 24.9 Å². The molecule has 0 saturated heterocycles. The van der Waals surface area contributed by atoms with Crippen LogP contribution >= 0.6 is 11.8 Å². The van der Waals surface area contributed by atoms with Crippen LogP contribution in [0.25, 0.3) is 0 Å². The molecular weight excluding hydrogens is 276 g/mol. The van der Waals surface area contributed by atoms with Gasteiger partial charge in [0.05, 0.1) is 5.03 Å². The van der Waals surface area contributed by atoms with Crippen LogP contribution in [-0.4, -0.2) is 22.8 Å². The van der Waals surface area contributed by atoms with Crippen molar-refractivity contribution in [1.82, 2.24) is 10.3 Å². The Morgan fingerprint density at radius 2 is 2.05 bits per heavy atom. The van der Waals surface area contributed by atoms with Crippen LogP contribution in [0.3, 0.4) is 0 Å². The van der Waals surface area contributed by atoms with Gasteiger partial charge in [0.2, 0.25) is 0 Å². The van der Waals surface area contributed by atoms with E-state index >= 15 is 0 Å². The molecular formula is C18H30N2S. The second-order valence-electron chi connectivity index (χ2n) is 6.41. The van der Waals surface area contributed by atoms with Gasteiger partial charge in [-0.05, 0) is 63.3 Å². The molecule has 1 aliphatic carbocycles. The lowest BCUT2D eigenvalue weighted by Crippen LogP contribution is -2.42. The van der Waals surface area contributed by atoms with Crippen molar-refractivity contribution in [3.63, 3.8) is 0 Å². The summed E-state index contributed by atoms with van der Waals surface area (Å²) in [6.07, 6.45) is 6.75. The Balaban J connectivity index is 2.07. The molecule has 1 heterocycles. The summed E-state index contributed by atoms with van der Waals surface area (Å²) in [4.78, 5) is 4.73. The largest absolute Gasteiger partial charge is 0.313 e. The third-order valence-corrected chi connectivity index (χ3v) is 5.68. The van der Waals surface area contributed by atoms with E-state index in [9.17, 15) is 0 Å². The average Bonchev–Trinajstić information content (AvgIpc) is 2.41. The summed E-state index contributed by atoms with van der Waals surface area (Å²) in [5.74, 6) is 0.910. The SMILES string of the molecule is CCCC1CCC(NCC)C(Sc2cc(C)cc(C)n2)C1. The molecule has 1 aromatic heterocycles. The van der Waals surface area contributed by atoms with Crippen molar-refractivity contribution in [2.75, 3.05) is 6.54 Å². The van der Waals surface area contributed by atoms with Crippen LogP contribution in [0.15, 0.2) is 17.2 Å². The van der Waals surface area contributed by atoms with Crippen molar-refractivity contribution in [3.8, 4) is 0 Å².